The van der Waals surface area contributed by atoms with Crippen molar-refractivity contribution >= 4 is 28.5 Å². The largest absolute Gasteiger partial charge is 0.508 e. The molecule has 24 heavy (non-hydrogen) atoms. The number of benzene rings is 2. The summed E-state index contributed by atoms with van der Waals surface area (Å²) in [5.41, 5.74) is 0.145. The minimum Gasteiger partial charge on any atom is -0.508 e. The molecule has 3 N–H and O–H groups in total. The fourth-order valence-corrected chi connectivity index (χ4v) is 2.17. The monoisotopic (exact) mass is 323 g/mol. The fraction of sp³-hybridized carbons (Fsp3) is 0. The number of aromatic hydroxyl groups is 1. The van der Waals surface area contributed by atoms with Gasteiger partial charge < -0.3 is 20.1 Å². The van der Waals surface area contributed by atoms with E-state index in [-0.39, 0.29) is 33.8 Å². The van der Waals surface area contributed by atoms with Gasteiger partial charge in [-0.15, -0.1) is 0 Å². The summed E-state index contributed by atoms with van der Waals surface area (Å²) in [4.78, 5) is 23.6. The number of phenolic OH excluding ortho intramolecular Hbond substituents is 1. The average Bonchev–Trinajstić information content (AvgIpc) is 2.98. The van der Waals surface area contributed by atoms with Crippen LogP contribution in [0.25, 0.3) is 11.0 Å². The van der Waals surface area contributed by atoms with E-state index in [0.29, 0.717) is 5.39 Å². The van der Waals surface area contributed by atoms with Crippen molar-refractivity contribution in [1.82, 2.24) is 5.16 Å². The van der Waals surface area contributed by atoms with Crippen molar-refractivity contribution in [1.29, 1.82) is 5.26 Å². The van der Waals surface area contributed by atoms with Gasteiger partial charge in [0.2, 0.25) is 0 Å². The van der Waals surface area contributed by atoms with E-state index < -0.39 is 11.9 Å². The summed E-state index contributed by atoms with van der Waals surface area (Å²) in [6, 6.07) is 9.86. The number of phenols is 1. The molecule has 3 rings (SSSR count). The summed E-state index contributed by atoms with van der Waals surface area (Å²) in [5.74, 6) is -1.99. The highest BCUT2D eigenvalue weighted by atomic mass is 16.5. The van der Waals surface area contributed by atoms with Crippen molar-refractivity contribution in [3.63, 3.8) is 0 Å². The van der Waals surface area contributed by atoms with Crippen LogP contribution >= 0.6 is 0 Å². The first-order valence-electron chi connectivity index (χ1n) is 6.67. The van der Waals surface area contributed by atoms with Gasteiger partial charge in [-0.25, -0.2) is 4.79 Å². The maximum absolute atomic E-state index is 12.3. The zero-order valence-electron chi connectivity index (χ0n) is 12.0. The Hall–Kier alpha value is -3.86. The number of nitrogens with zero attached hydrogens (tertiary/aromatic N) is 2. The lowest BCUT2D eigenvalue weighted by Gasteiger charge is -2.07. The number of nitrogens with one attached hydrogen (secondary N) is 1. The maximum atomic E-state index is 12.3. The van der Waals surface area contributed by atoms with E-state index in [1.54, 1.807) is 0 Å². The molecule has 3 aromatic rings. The predicted octanol–water partition coefficient (Wildman–Crippen LogP) is 2.36. The summed E-state index contributed by atoms with van der Waals surface area (Å²) in [6.07, 6.45) is 0. The number of nitriles is 1. The SMILES string of the molecule is N#Cc1ccc(NC(=O)c2noc3cc(O)ccc23)c(C(=O)O)c1. The Morgan fingerprint density at radius 2 is 2.00 bits per heavy atom. The second-order valence-electron chi connectivity index (χ2n) is 4.84. The smallest absolute Gasteiger partial charge is 0.337 e. The van der Waals surface area contributed by atoms with Crippen LogP contribution in [0.5, 0.6) is 5.75 Å². The number of hydrogen-bond acceptors (Lipinski definition) is 6. The summed E-state index contributed by atoms with van der Waals surface area (Å²) in [6.45, 7) is 0. The van der Waals surface area contributed by atoms with Gasteiger partial charge in [-0.05, 0) is 30.3 Å². The Bertz CT molecular complexity index is 1020. The third-order valence-corrected chi connectivity index (χ3v) is 3.30. The van der Waals surface area contributed by atoms with Gasteiger partial charge in [0.15, 0.2) is 11.3 Å². The molecule has 1 amide bonds. The molecule has 1 heterocycles. The van der Waals surface area contributed by atoms with Gasteiger partial charge in [0, 0.05) is 6.07 Å². The van der Waals surface area contributed by atoms with E-state index in [2.05, 4.69) is 10.5 Å². The van der Waals surface area contributed by atoms with E-state index in [1.165, 1.54) is 30.3 Å². The number of rotatable bonds is 3. The number of carboxylic acid groups (broad SMARTS) is 1. The first-order chi connectivity index (χ1) is 11.5. The Kier molecular flexibility index (Phi) is 3.60. The summed E-state index contributed by atoms with van der Waals surface area (Å²) < 4.78 is 4.97. The van der Waals surface area contributed by atoms with Crippen molar-refractivity contribution < 1.29 is 24.3 Å². The van der Waals surface area contributed by atoms with Gasteiger partial charge in [-0.1, -0.05) is 5.16 Å². The van der Waals surface area contributed by atoms with Crippen LogP contribution in [0.15, 0.2) is 40.9 Å². The molecule has 0 unspecified atom stereocenters. The van der Waals surface area contributed by atoms with Crippen LogP contribution in [-0.4, -0.2) is 27.2 Å². The summed E-state index contributed by atoms with van der Waals surface area (Å²) >= 11 is 0. The number of amides is 1. The molecule has 1 aromatic heterocycles. The first kappa shape index (κ1) is 15.1. The predicted molar refractivity (Wildman–Crippen MR) is 81.7 cm³/mol. The fourth-order valence-electron chi connectivity index (χ4n) is 2.17. The second kappa shape index (κ2) is 5.73. The molecule has 0 atom stereocenters. The summed E-state index contributed by atoms with van der Waals surface area (Å²) in [7, 11) is 0. The Balaban J connectivity index is 1.97. The molecule has 0 radical (unpaired) electrons. The minimum absolute atomic E-state index is 0.0291. The highest BCUT2D eigenvalue weighted by molar-refractivity contribution is 6.12. The van der Waals surface area contributed by atoms with Gasteiger partial charge >= 0.3 is 5.97 Å². The number of aromatic nitrogens is 1. The number of hydrogen-bond donors (Lipinski definition) is 3. The molecular weight excluding hydrogens is 314 g/mol. The van der Waals surface area contributed by atoms with Gasteiger partial charge in [-0.2, -0.15) is 5.26 Å². The lowest BCUT2D eigenvalue weighted by Crippen LogP contribution is -2.15. The van der Waals surface area contributed by atoms with Crippen LogP contribution in [0.2, 0.25) is 0 Å². The van der Waals surface area contributed by atoms with Crippen LogP contribution < -0.4 is 5.32 Å². The molecule has 0 bridgehead atoms. The summed E-state index contributed by atoms with van der Waals surface area (Å²) in [5, 5.41) is 33.9. The van der Waals surface area contributed by atoms with Crippen molar-refractivity contribution in [3.8, 4) is 11.8 Å². The van der Waals surface area contributed by atoms with Gasteiger partial charge in [0.1, 0.15) is 5.75 Å². The Morgan fingerprint density at radius 1 is 1.21 bits per heavy atom. The minimum atomic E-state index is -1.28. The number of carbonyl (C=O) groups is 2. The molecule has 0 fully saturated rings. The molecule has 118 valence electrons. The third kappa shape index (κ3) is 2.62. The topological polar surface area (TPSA) is 136 Å². The van der Waals surface area contributed by atoms with E-state index in [9.17, 15) is 19.8 Å². The lowest BCUT2D eigenvalue weighted by molar-refractivity contribution is 0.0698. The van der Waals surface area contributed by atoms with Crippen LogP contribution in [0.3, 0.4) is 0 Å². The maximum Gasteiger partial charge on any atom is 0.337 e. The normalized spacial score (nSPS) is 10.3. The lowest BCUT2D eigenvalue weighted by atomic mass is 10.1. The Morgan fingerprint density at radius 3 is 2.71 bits per heavy atom. The number of fused-ring (bicyclic) bond motifs is 1. The van der Waals surface area contributed by atoms with Crippen molar-refractivity contribution in [2.75, 3.05) is 5.32 Å². The van der Waals surface area contributed by atoms with E-state index in [0.717, 1.165) is 6.07 Å². The van der Waals surface area contributed by atoms with E-state index in [4.69, 9.17) is 9.78 Å². The Labute approximate surface area is 134 Å². The average molecular weight is 323 g/mol. The standard InChI is InChI=1S/C16H9N3O5/c17-7-8-1-4-12(11(5-8)16(22)23)18-15(21)14-10-3-2-9(20)6-13(10)24-19-14/h1-6,20H,(H,18,21)(H,22,23). The molecule has 8 nitrogen and oxygen atoms in total. The molecular formula is C16H9N3O5. The molecule has 0 saturated heterocycles. The van der Waals surface area contributed by atoms with Crippen LogP contribution in [0.4, 0.5) is 5.69 Å². The highest BCUT2D eigenvalue weighted by Crippen LogP contribution is 2.24. The zero-order chi connectivity index (χ0) is 17.3. The first-order valence-corrected chi connectivity index (χ1v) is 6.67. The van der Waals surface area contributed by atoms with Crippen LogP contribution in [0, 0.1) is 11.3 Å². The van der Waals surface area contributed by atoms with Gasteiger partial charge in [0.05, 0.1) is 28.3 Å². The van der Waals surface area contributed by atoms with E-state index >= 15 is 0 Å². The molecule has 0 saturated carbocycles. The highest BCUT2D eigenvalue weighted by Gasteiger charge is 2.19. The van der Waals surface area contributed by atoms with Crippen molar-refractivity contribution in [3.05, 3.63) is 53.2 Å². The van der Waals surface area contributed by atoms with Crippen LogP contribution in [0.1, 0.15) is 26.4 Å². The van der Waals surface area contributed by atoms with E-state index in [1.807, 2.05) is 6.07 Å². The zero-order valence-corrected chi connectivity index (χ0v) is 12.0. The van der Waals surface area contributed by atoms with Crippen molar-refractivity contribution in [2.45, 2.75) is 0 Å². The van der Waals surface area contributed by atoms with Crippen LogP contribution in [-0.2, 0) is 0 Å². The number of carboxylic acids is 1. The molecule has 0 aliphatic rings. The molecule has 0 spiro atoms. The number of anilines is 1. The van der Waals surface area contributed by atoms with Gasteiger partial charge in [0.25, 0.3) is 5.91 Å². The molecule has 2 aromatic carbocycles. The second-order valence-corrected chi connectivity index (χ2v) is 4.84. The van der Waals surface area contributed by atoms with Crippen molar-refractivity contribution in [2.24, 2.45) is 0 Å². The molecule has 0 aliphatic carbocycles. The number of carbonyl (C=O) groups excluding carboxylic acids is 1. The van der Waals surface area contributed by atoms with Gasteiger partial charge in [-0.3, -0.25) is 4.79 Å². The molecule has 0 aliphatic heterocycles. The number of aromatic carboxylic acids is 1. The third-order valence-electron chi connectivity index (χ3n) is 3.30. The molecule has 8 heteroatoms. The quantitative estimate of drug-likeness (QED) is 0.672.